The first-order valence-electron chi connectivity index (χ1n) is 6.00. The fourth-order valence-electron chi connectivity index (χ4n) is 1.92. The summed E-state index contributed by atoms with van der Waals surface area (Å²) in [6.45, 7) is 0.526. The molecule has 1 aromatic carbocycles. The molecule has 0 aliphatic carbocycles. The summed E-state index contributed by atoms with van der Waals surface area (Å²) in [4.78, 5) is 6.09. The average molecular weight is 274 g/mol. The fraction of sp³-hybridized carbons (Fsp3) is 0.143. The van der Waals surface area contributed by atoms with Gasteiger partial charge in [-0.05, 0) is 30.3 Å². The lowest BCUT2D eigenvalue weighted by Crippen LogP contribution is -2.23. The highest BCUT2D eigenvalue weighted by atomic mass is 19.1. The van der Waals surface area contributed by atoms with E-state index in [4.69, 9.17) is 10.9 Å². The Morgan fingerprint density at radius 1 is 1.40 bits per heavy atom. The summed E-state index contributed by atoms with van der Waals surface area (Å²) < 4.78 is 13.3. The molecule has 0 radical (unpaired) electrons. The van der Waals surface area contributed by atoms with Gasteiger partial charge in [-0.25, -0.2) is 4.39 Å². The third kappa shape index (κ3) is 3.03. The zero-order valence-corrected chi connectivity index (χ0v) is 11.0. The highest BCUT2D eigenvalue weighted by Gasteiger charge is 2.13. The largest absolute Gasteiger partial charge is 0.409 e. The Hall–Kier alpha value is -2.63. The molecular formula is C14H15FN4O. The van der Waals surface area contributed by atoms with Gasteiger partial charge in [-0.2, -0.15) is 0 Å². The van der Waals surface area contributed by atoms with E-state index >= 15 is 0 Å². The summed E-state index contributed by atoms with van der Waals surface area (Å²) in [5.74, 6) is -0.575. The minimum atomic E-state index is -0.443. The van der Waals surface area contributed by atoms with Gasteiger partial charge in [-0.15, -0.1) is 0 Å². The van der Waals surface area contributed by atoms with Crippen molar-refractivity contribution < 1.29 is 9.60 Å². The summed E-state index contributed by atoms with van der Waals surface area (Å²) in [6.07, 6.45) is 1.71. The van der Waals surface area contributed by atoms with E-state index in [2.05, 4.69) is 10.1 Å². The molecule has 0 saturated carbocycles. The van der Waals surface area contributed by atoms with Gasteiger partial charge in [0, 0.05) is 24.5 Å². The second-order valence-electron chi connectivity index (χ2n) is 4.32. The normalized spacial score (nSPS) is 11.4. The molecule has 0 unspecified atom stereocenters. The van der Waals surface area contributed by atoms with Crippen molar-refractivity contribution in [2.45, 2.75) is 6.54 Å². The van der Waals surface area contributed by atoms with Crippen LogP contribution in [0.2, 0.25) is 0 Å². The van der Waals surface area contributed by atoms with E-state index in [1.54, 1.807) is 12.3 Å². The van der Waals surface area contributed by atoms with Crippen LogP contribution >= 0.6 is 0 Å². The van der Waals surface area contributed by atoms with Gasteiger partial charge < -0.3 is 15.8 Å². The van der Waals surface area contributed by atoms with E-state index in [9.17, 15) is 4.39 Å². The summed E-state index contributed by atoms with van der Waals surface area (Å²) in [6, 6.07) is 9.78. The van der Waals surface area contributed by atoms with Gasteiger partial charge in [0.05, 0.1) is 12.2 Å². The van der Waals surface area contributed by atoms with Crippen LogP contribution in [-0.4, -0.2) is 23.1 Å². The second kappa shape index (κ2) is 6.01. The first kappa shape index (κ1) is 13.8. The molecule has 104 valence electrons. The lowest BCUT2D eigenvalue weighted by atomic mass is 10.1. The van der Waals surface area contributed by atoms with Crippen molar-refractivity contribution in [3.05, 3.63) is 59.7 Å². The molecule has 0 fully saturated rings. The lowest BCUT2D eigenvalue weighted by molar-refractivity contribution is 0.318. The first-order valence-corrected chi connectivity index (χ1v) is 6.00. The zero-order valence-electron chi connectivity index (χ0n) is 11.0. The predicted molar refractivity (Wildman–Crippen MR) is 75.3 cm³/mol. The molecular weight excluding hydrogens is 259 g/mol. The second-order valence-corrected chi connectivity index (χ2v) is 4.32. The number of halogens is 1. The monoisotopic (exact) mass is 274 g/mol. The summed E-state index contributed by atoms with van der Waals surface area (Å²) >= 11 is 0. The fourth-order valence-corrected chi connectivity index (χ4v) is 1.92. The highest BCUT2D eigenvalue weighted by Crippen LogP contribution is 2.22. The van der Waals surface area contributed by atoms with Gasteiger partial charge in [0.1, 0.15) is 5.82 Å². The Bertz CT molecular complexity index is 616. The molecule has 0 saturated heterocycles. The molecule has 1 aromatic heterocycles. The van der Waals surface area contributed by atoms with Crippen LogP contribution in [0.3, 0.4) is 0 Å². The maximum absolute atomic E-state index is 13.3. The van der Waals surface area contributed by atoms with Crippen LogP contribution in [0.5, 0.6) is 0 Å². The smallest absolute Gasteiger partial charge is 0.172 e. The van der Waals surface area contributed by atoms with Crippen molar-refractivity contribution in [2.24, 2.45) is 10.9 Å². The molecule has 1 heterocycles. The Morgan fingerprint density at radius 3 is 2.85 bits per heavy atom. The van der Waals surface area contributed by atoms with Crippen molar-refractivity contribution in [1.29, 1.82) is 0 Å². The highest BCUT2D eigenvalue weighted by molar-refractivity contribution is 6.02. The van der Waals surface area contributed by atoms with Gasteiger partial charge in [-0.3, -0.25) is 4.98 Å². The molecule has 0 aliphatic heterocycles. The third-order valence-corrected chi connectivity index (χ3v) is 2.88. The lowest BCUT2D eigenvalue weighted by Gasteiger charge is -2.21. The number of rotatable bonds is 4. The van der Waals surface area contributed by atoms with Gasteiger partial charge in [0.15, 0.2) is 5.84 Å². The quantitative estimate of drug-likeness (QED) is 0.387. The SMILES string of the molecule is CN(Cc1ccccn1)c1ccc(F)cc1C(N)=NO. The Morgan fingerprint density at radius 2 is 2.20 bits per heavy atom. The Labute approximate surface area is 116 Å². The van der Waals surface area contributed by atoms with Crippen LogP contribution in [0, 0.1) is 5.82 Å². The van der Waals surface area contributed by atoms with Crippen molar-refractivity contribution in [3.63, 3.8) is 0 Å². The number of nitrogens with zero attached hydrogens (tertiary/aromatic N) is 3. The van der Waals surface area contributed by atoms with Crippen LogP contribution in [0.25, 0.3) is 0 Å². The number of anilines is 1. The van der Waals surface area contributed by atoms with E-state index in [0.717, 1.165) is 5.69 Å². The topological polar surface area (TPSA) is 74.7 Å². The summed E-state index contributed by atoms with van der Waals surface area (Å²) in [5.41, 5.74) is 7.45. The molecule has 3 N–H and O–H groups in total. The van der Waals surface area contributed by atoms with E-state index in [1.807, 2.05) is 30.1 Å². The van der Waals surface area contributed by atoms with Crippen LogP contribution in [-0.2, 0) is 6.54 Å². The van der Waals surface area contributed by atoms with Gasteiger partial charge in [0.2, 0.25) is 0 Å². The predicted octanol–water partition coefficient (Wildman–Crippen LogP) is 1.95. The van der Waals surface area contributed by atoms with Crippen LogP contribution < -0.4 is 10.6 Å². The van der Waals surface area contributed by atoms with Gasteiger partial charge in [-0.1, -0.05) is 11.2 Å². The summed E-state index contributed by atoms with van der Waals surface area (Å²) in [7, 11) is 1.83. The maximum atomic E-state index is 13.3. The Kier molecular flexibility index (Phi) is 4.14. The molecule has 20 heavy (non-hydrogen) atoms. The minimum absolute atomic E-state index is 0.132. The number of hydrogen-bond acceptors (Lipinski definition) is 4. The van der Waals surface area contributed by atoms with Crippen LogP contribution in [0.4, 0.5) is 10.1 Å². The molecule has 0 spiro atoms. The first-order chi connectivity index (χ1) is 9.61. The van der Waals surface area contributed by atoms with Gasteiger partial charge in [0.25, 0.3) is 0 Å². The molecule has 0 atom stereocenters. The average Bonchev–Trinajstić information content (AvgIpc) is 2.47. The van der Waals surface area contributed by atoms with Crippen molar-refractivity contribution in [1.82, 2.24) is 4.98 Å². The maximum Gasteiger partial charge on any atom is 0.172 e. The van der Waals surface area contributed by atoms with E-state index in [1.165, 1.54) is 12.1 Å². The number of nitrogens with two attached hydrogens (primary N) is 1. The van der Waals surface area contributed by atoms with Crippen LogP contribution in [0.1, 0.15) is 11.3 Å². The van der Waals surface area contributed by atoms with E-state index in [0.29, 0.717) is 17.8 Å². The molecule has 6 heteroatoms. The van der Waals surface area contributed by atoms with Crippen molar-refractivity contribution >= 4 is 11.5 Å². The number of pyridine rings is 1. The number of benzene rings is 1. The number of amidine groups is 1. The molecule has 5 nitrogen and oxygen atoms in total. The number of aromatic nitrogens is 1. The summed E-state index contributed by atoms with van der Waals surface area (Å²) in [5, 5.41) is 11.7. The van der Waals surface area contributed by atoms with E-state index in [-0.39, 0.29) is 5.84 Å². The van der Waals surface area contributed by atoms with E-state index < -0.39 is 5.82 Å². The zero-order chi connectivity index (χ0) is 14.5. The number of hydrogen-bond donors (Lipinski definition) is 2. The Balaban J connectivity index is 2.32. The molecule has 0 bridgehead atoms. The van der Waals surface area contributed by atoms with Crippen molar-refractivity contribution in [2.75, 3.05) is 11.9 Å². The molecule has 0 aliphatic rings. The molecule has 2 rings (SSSR count). The molecule has 2 aromatic rings. The van der Waals surface area contributed by atoms with Crippen LogP contribution in [0.15, 0.2) is 47.8 Å². The van der Waals surface area contributed by atoms with Gasteiger partial charge >= 0.3 is 0 Å². The third-order valence-electron chi connectivity index (χ3n) is 2.88. The standard InChI is InChI=1S/C14H15FN4O/c1-19(9-11-4-2-3-7-17-11)13-6-5-10(15)8-12(13)14(16)18-20/h2-8,20H,9H2,1H3,(H2,16,18). The molecule has 0 amide bonds. The number of oxime groups is 1. The van der Waals surface area contributed by atoms with Crippen molar-refractivity contribution in [3.8, 4) is 0 Å². The minimum Gasteiger partial charge on any atom is -0.409 e.